The number of benzene rings is 1. The fraction of sp³-hybridized carbons (Fsp3) is 0.529. The van der Waals surface area contributed by atoms with Gasteiger partial charge in [-0.05, 0) is 38.0 Å². The molecule has 1 aliphatic carbocycles. The number of ether oxygens (including phenoxy) is 1. The van der Waals surface area contributed by atoms with Crippen LogP contribution in [0.4, 0.5) is 0 Å². The van der Waals surface area contributed by atoms with Crippen molar-refractivity contribution in [2.45, 2.75) is 54.7 Å². The van der Waals surface area contributed by atoms with Gasteiger partial charge in [0.2, 0.25) is 5.91 Å². The van der Waals surface area contributed by atoms with Gasteiger partial charge in [-0.25, -0.2) is 0 Å². The zero-order valence-electron chi connectivity index (χ0n) is 13.1. The third-order valence-corrected chi connectivity index (χ3v) is 5.10. The van der Waals surface area contributed by atoms with Crippen LogP contribution in [-0.2, 0) is 4.79 Å². The molecule has 0 heterocycles. The van der Waals surface area contributed by atoms with Crippen molar-refractivity contribution in [1.29, 1.82) is 5.26 Å². The number of amides is 1. The summed E-state index contributed by atoms with van der Waals surface area (Å²) in [6.45, 7) is 1.87. The van der Waals surface area contributed by atoms with E-state index in [1.54, 1.807) is 7.11 Å². The number of methoxy groups -OCH3 is 1. The molecule has 4 nitrogen and oxygen atoms in total. The van der Waals surface area contributed by atoms with Crippen molar-refractivity contribution >= 4 is 17.7 Å². The van der Waals surface area contributed by atoms with Gasteiger partial charge in [0, 0.05) is 4.90 Å². The minimum absolute atomic E-state index is 0.0729. The highest BCUT2D eigenvalue weighted by molar-refractivity contribution is 8.00. The molecule has 1 aromatic rings. The first kappa shape index (κ1) is 16.7. The fourth-order valence-electron chi connectivity index (χ4n) is 2.69. The Kier molecular flexibility index (Phi) is 5.73. The summed E-state index contributed by atoms with van der Waals surface area (Å²) in [5, 5.41) is 12.2. The van der Waals surface area contributed by atoms with Gasteiger partial charge in [-0.2, -0.15) is 5.26 Å². The van der Waals surface area contributed by atoms with Gasteiger partial charge in [-0.3, -0.25) is 4.79 Å². The molecule has 5 heteroatoms. The summed E-state index contributed by atoms with van der Waals surface area (Å²) >= 11 is 1.48. The Bertz CT molecular complexity index is 562. The van der Waals surface area contributed by atoms with E-state index in [-0.39, 0.29) is 11.2 Å². The van der Waals surface area contributed by atoms with Crippen LogP contribution in [0.2, 0.25) is 0 Å². The summed E-state index contributed by atoms with van der Waals surface area (Å²) in [6, 6.07) is 9.97. The van der Waals surface area contributed by atoms with E-state index in [9.17, 15) is 10.1 Å². The number of thioether (sulfide) groups is 1. The molecular weight excluding hydrogens is 296 g/mol. The number of nitrogens with one attached hydrogen (secondary N) is 1. The molecule has 1 fully saturated rings. The van der Waals surface area contributed by atoms with Gasteiger partial charge in [-0.15, -0.1) is 11.8 Å². The van der Waals surface area contributed by atoms with Gasteiger partial charge >= 0.3 is 0 Å². The average Bonchev–Trinajstić information content (AvgIpc) is 2.55. The molecule has 1 aromatic carbocycles. The standard InChI is InChI=1S/C17H22N2O2S/c1-13(22-15-8-6-7-14(11-15)21-2)16(20)19-17(12-18)9-4-3-5-10-17/h6-8,11,13H,3-5,9-10H2,1-2H3,(H,19,20). The van der Waals surface area contributed by atoms with Crippen LogP contribution in [0.5, 0.6) is 5.75 Å². The Morgan fingerprint density at radius 2 is 2.14 bits per heavy atom. The molecule has 0 aromatic heterocycles. The van der Waals surface area contributed by atoms with Crippen LogP contribution in [0, 0.1) is 11.3 Å². The van der Waals surface area contributed by atoms with Crippen LogP contribution < -0.4 is 10.1 Å². The maximum Gasteiger partial charge on any atom is 0.234 e. The Labute approximate surface area is 136 Å². The van der Waals surface area contributed by atoms with Crippen molar-refractivity contribution in [3.8, 4) is 11.8 Å². The van der Waals surface area contributed by atoms with Gasteiger partial charge in [0.25, 0.3) is 0 Å². The maximum absolute atomic E-state index is 12.4. The molecule has 1 saturated carbocycles. The van der Waals surface area contributed by atoms with Crippen LogP contribution in [0.25, 0.3) is 0 Å². The second-order valence-corrected chi connectivity index (χ2v) is 7.10. The lowest BCUT2D eigenvalue weighted by molar-refractivity contribution is -0.121. The molecule has 0 bridgehead atoms. The van der Waals surface area contributed by atoms with Crippen molar-refractivity contribution in [2.75, 3.05) is 7.11 Å². The molecule has 1 atom stereocenters. The number of nitriles is 1. The highest BCUT2D eigenvalue weighted by Gasteiger charge is 2.34. The van der Waals surface area contributed by atoms with Gasteiger partial charge in [-0.1, -0.05) is 25.3 Å². The Morgan fingerprint density at radius 3 is 2.77 bits per heavy atom. The summed E-state index contributed by atoms with van der Waals surface area (Å²) in [5.41, 5.74) is -0.668. The number of nitrogens with zero attached hydrogens (tertiary/aromatic N) is 1. The molecule has 0 spiro atoms. The van der Waals surface area contributed by atoms with Gasteiger partial charge in [0.05, 0.1) is 18.4 Å². The molecule has 1 unspecified atom stereocenters. The predicted octanol–water partition coefficient (Wildman–Crippen LogP) is 3.52. The summed E-state index contributed by atoms with van der Waals surface area (Å²) in [4.78, 5) is 13.4. The number of rotatable bonds is 5. The van der Waals surface area contributed by atoms with E-state index < -0.39 is 5.54 Å². The van der Waals surface area contributed by atoms with Crippen molar-refractivity contribution in [1.82, 2.24) is 5.32 Å². The van der Waals surface area contributed by atoms with Gasteiger partial charge < -0.3 is 10.1 Å². The van der Waals surface area contributed by atoms with E-state index >= 15 is 0 Å². The van der Waals surface area contributed by atoms with E-state index in [2.05, 4.69) is 11.4 Å². The second-order valence-electron chi connectivity index (χ2n) is 5.68. The first-order valence-electron chi connectivity index (χ1n) is 7.62. The maximum atomic E-state index is 12.4. The molecule has 0 aliphatic heterocycles. The minimum atomic E-state index is -0.668. The molecular formula is C17H22N2O2S. The third kappa shape index (κ3) is 4.17. The summed E-state index contributed by atoms with van der Waals surface area (Å²) in [7, 11) is 1.62. The van der Waals surface area contributed by atoms with Crippen molar-refractivity contribution in [3.63, 3.8) is 0 Å². The molecule has 1 aliphatic rings. The lowest BCUT2D eigenvalue weighted by Gasteiger charge is -2.32. The smallest absolute Gasteiger partial charge is 0.234 e. The summed E-state index contributed by atoms with van der Waals surface area (Å²) in [5.74, 6) is 0.703. The molecule has 2 rings (SSSR count). The topological polar surface area (TPSA) is 62.1 Å². The number of carbonyl (C=O) groups is 1. The van der Waals surface area contributed by atoms with E-state index in [1.165, 1.54) is 11.8 Å². The van der Waals surface area contributed by atoms with Crippen LogP contribution in [-0.4, -0.2) is 23.8 Å². The molecule has 22 heavy (non-hydrogen) atoms. The van der Waals surface area contributed by atoms with Crippen molar-refractivity contribution in [3.05, 3.63) is 24.3 Å². The highest BCUT2D eigenvalue weighted by Crippen LogP contribution is 2.30. The van der Waals surface area contributed by atoms with Crippen LogP contribution >= 0.6 is 11.8 Å². The van der Waals surface area contributed by atoms with Gasteiger partial charge in [0.1, 0.15) is 11.3 Å². The summed E-state index contributed by atoms with van der Waals surface area (Å²) < 4.78 is 5.19. The Morgan fingerprint density at radius 1 is 1.41 bits per heavy atom. The fourth-order valence-corrected chi connectivity index (χ4v) is 3.61. The number of hydrogen-bond acceptors (Lipinski definition) is 4. The highest BCUT2D eigenvalue weighted by atomic mass is 32.2. The zero-order chi connectivity index (χ0) is 16.0. The zero-order valence-corrected chi connectivity index (χ0v) is 13.9. The molecule has 1 amide bonds. The van der Waals surface area contributed by atoms with E-state index in [4.69, 9.17) is 4.74 Å². The van der Waals surface area contributed by atoms with E-state index in [0.717, 1.165) is 42.7 Å². The van der Waals surface area contributed by atoms with Crippen LogP contribution in [0.15, 0.2) is 29.2 Å². The lowest BCUT2D eigenvalue weighted by Crippen LogP contribution is -2.50. The largest absolute Gasteiger partial charge is 0.497 e. The number of hydrogen-bond donors (Lipinski definition) is 1. The molecule has 1 N–H and O–H groups in total. The average molecular weight is 318 g/mol. The third-order valence-electron chi connectivity index (χ3n) is 4.01. The quantitative estimate of drug-likeness (QED) is 0.844. The SMILES string of the molecule is COc1cccc(SC(C)C(=O)NC2(C#N)CCCCC2)c1. The van der Waals surface area contributed by atoms with E-state index in [1.807, 2.05) is 31.2 Å². The van der Waals surface area contributed by atoms with Crippen LogP contribution in [0.1, 0.15) is 39.0 Å². The van der Waals surface area contributed by atoms with Crippen LogP contribution in [0.3, 0.4) is 0 Å². The Hall–Kier alpha value is -1.67. The molecule has 118 valence electrons. The predicted molar refractivity (Wildman–Crippen MR) is 87.9 cm³/mol. The summed E-state index contributed by atoms with van der Waals surface area (Å²) in [6.07, 6.45) is 4.67. The van der Waals surface area contributed by atoms with E-state index in [0.29, 0.717) is 0 Å². The van der Waals surface area contributed by atoms with Crippen molar-refractivity contribution < 1.29 is 9.53 Å². The van der Waals surface area contributed by atoms with Crippen molar-refractivity contribution in [2.24, 2.45) is 0 Å². The van der Waals surface area contributed by atoms with Gasteiger partial charge in [0.15, 0.2) is 0 Å². The second kappa shape index (κ2) is 7.55. The monoisotopic (exact) mass is 318 g/mol. The molecule has 0 radical (unpaired) electrons. The molecule has 0 saturated heterocycles. The first-order valence-corrected chi connectivity index (χ1v) is 8.50. The lowest BCUT2D eigenvalue weighted by atomic mass is 9.83. The minimum Gasteiger partial charge on any atom is -0.497 e. The Balaban J connectivity index is 1.98. The normalized spacial score (nSPS) is 18.0. The first-order chi connectivity index (χ1) is 10.6. The number of carbonyl (C=O) groups excluding carboxylic acids is 1.